The van der Waals surface area contributed by atoms with Crippen molar-refractivity contribution in [1.82, 2.24) is 5.32 Å². The first kappa shape index (κ1) is 14.4. The van der Waals surface area contributed by atoms with Gasteiger partial charge in [0.25, 0.3) is 0 Å². The van der Waals surface area contributed by atoms with Crippen molar-refractivity contribution in [3.05, 3.63) is 29.6 Å². The molecule has 1 aromatic carbocycles. The Hall–Kier alpha value is -0.710. The van der Waals surface area contributed by atoms with Crippen LogP contribution in [0.3, 0.4) is 0 Å². The van der Waals surface area contributed by atoms with Crippen LogP contribution in [0.15, 0.2) is 18.2 Å². The number of thiocarbonyl (C=S) groups is 1. The quantitative estimate of drug-likeness (QED) is 0.835. The topological polar surface area (TPSA) is 15.3 Å². The Morgan fingerprint density at radius 1 is 1.47 bits per heavy atom. The number of likely N-dealkylation sites (N-methyl/N-ethyl adjacent to an activating group) is 1. The maximum absolute atomic E-state index is 13.2. The highest BCUT2D eigenvalue weighted by molar-refractivity contribution is 7.80. The zero-order valence-electron chi connectivity index (χ0n) is 9.87. The Kier molecular flexibility index (Phi) is 4.86. The fourth-order valence-corrected chi connectivity index (χ4v) is 2.43. The smallest absolute Gasteiger partial charge is 0.126 e. The van der Waals surface area contributed by atoms with Gasteiger partial charge >= 0.3 is 0 Å². The third-order valence-electron chi connectivity index (χ3n) is 3.01. The molecule has 0 aromatic heterocycles. The van der Waals surface area contributed by atoms with Gasteiger partial charge in [0.2, 0.25) is 0 Å². The summed E-state index contributed by atoms with van der Waals surface area (Å²) in [6.45, 7) is 2.67. The molecule has 1 fully saturated rings. The van der Waals surface area contributed by atoms with E-state index in [0.717, 1.165) is 23.6 Å². The lowest BCUT2D eigenvalue weighted by atomic mass is 10.2. The predicted octanol–water partition coefficient (Wildman–Crippen LogP) is 2.68. The second kappa shape index (κ2) is 5.76. The van der Waals surface area contributed by atoms with Gasteiger partial charge in [0.05, 0.1) is 11.0 Å². The lowest BCUT2D eigenvalue weighted by Crippen LogP contribution is -2.34. The van der Waals surface area contributed by atoms with E-state index in [2.05, 4.69) is 10.2 Å². The molecule has 1 aromatic rings. The molecule has 0 bridgehead atoms. The van der Waals surface area contributed by atoms with Crippen molar-refractivity contribution in [2.75, 3.05) is 18.5 Å². The van der Waals surface area contributed by atoms with Crippen molar-refractivity contribution in [2.24, 2.45) is 0 Å². The molecule has 0 saturated carbocycles. The Balaban J connectivity index is 0.00000144. The molecule has 1 heterocycles. The van der Waals surface area contributed by atoms with E-state index in [4.69, 9.17) is 12.2 Å². The van der Waals surface area contributed by atoms with Crippen molar-refractivity contribution in [2.45, 2.75) is 19.4 Å². The van der Waals surface area contributed by atoms with E-state index in [1.165, 1.54) is 6.07 Å². The summed E-state index contributed by atoms with van der Waals surface area (Å²) in [7, 11) is 1.91. The number of nitrogens with one attached hydrogen (secondary N) is 1. The van der Waals surface area contributed by atoms with Gasteiger partial charge in [-0.05, 0) is 44.2 Å². The SMILES string of the molecule is CNC1CCN(c2ccc(F)c(C)c2)C1=S.Cl. The number of nitrogens with zero attached hydrogens (tertiary/aromatic N) is 1. The molecule has 2 rings (SSSR count). The van der Waals surface area contributed by atoms with Crippen LogP contribution in [0.1, 0.15) is 12.0 Å². The molecule has 1 aliphatic heterocycles. The molecule has 1 atom stereocenters. The largest absolute Gasteiger partial charge is 0.335 e. The summed E-state index contributed by atoms with van der Waals surface area (Å²) in [4.78, 5) is 2.97. The van der Waals surface area contributed by atoms with E-state index < -0.39 is 0 Å². The van der Waals surface area contributed by atoms with Gasteiger partial charge in [0, 0.05) is 12.2 Å². The van der Waals surface area contributed by atoms with Crippen molar-refractivity contribution < 1.29 is 4.39 Å². The summed E-state index contributed by atoms with van der Waals surface area (Å²) < 4.78 is 13.2. The number of hydrogen-bond acceptors (Lipinski definition) is 2. The molecule has 0 spiro atoms. The van der Waals surface area contributed by atoms with Gasteiger partial charge < -0.3 is 10.2 Å². The van der Waals surface area contributed by atoms with Gasteiger partial charge in [-0.25, -0.2) is 4.39 Å². The second-order valence-corrected chi connectivity index (χ2v) is 4.47. The van der Waals surface area contributed by atoms with E-state index in [-0.39, 0.29) is 24.3 Å². The van der Waals surface area contributed by atoms with Crippen molar-refractivity contribution in [3.8, 4) is 0 Å². The Labute approximate surface area is 113 Å². The molecule has 1 saturated heterocycles. The standard InChI is InChI=1S/C12H15FN2S.ClH/c1-8-7-9(3-4-10(8)13)15-6-5-11(14-2)12(15)16;/h3-4,7,11,14H,5-6H2,1-2H3;1H. The van der Waals surface area contributed by atoms with Gasteiger partial charge in [-0.1, -0.05) is 12.2 Å². The molecular formula is C12H16ClFN2S. The average molecular weight is 275 g/mol. The summed E-state index contributed by atoms with van der Waals surface area (Å²) in [6, 6.07) is 5.40. The molecule has 17 heavy (non-hydrogen) atoms. The van der Waals surface area contributed by atoms with E-state index in [1.54, 1.807) is 13.0 Å². The molecule has 2 nitrogen and oxygen atoms in total. The second-order valence-electron chi connectivity index (χ2n) is 4.05. The van der Waals surface area contributed by atoms with Gasteiger partial charge in [0.15, 0.2) is 0 Å². The third kappa shape index (κ3) is 2.76. The van der Waals surface area contributed by atoms with Crippen LogP contribution in [0.4, 0.5) is 10.1 Å². The molecule has 0 aliphatic carbocycles. The van der Waals surface area contributed by atoms with Gasteiger partial charge in [-0.15, -0.1) is 12.4 Å². The van der Waals surface area contributed by atoms with Crippen LogP contribution in [0.5, 0.6) is 0 Å². The van der Waals surface area contributed by atoms with Crippen LogP contribution >= 0.6 is 24.6 Å². The predicted molar refractivity (Wildman–Crippen MR) is 75.8 cm³/mol. The van der Waals surface area contributed by atoms with Gasteiger partial charge in [-0.2, -0.15) is 0 Å². The molecule has 1 aliphatic rings. The Morgan fingerprint density at radius 3 is 2.71 bits per heavy atom. The normalized spacial score (nSPS) is 19.4. The molecule has 0 amide bonds. The first-order valence-corrected chi connectivity index (χ1v) is 5.79. The zero-order valence-corrected chi connectivity index (χ0v) is 11.5. The summed E-state index contributed by atoms with van der Waals surface area (Å²) >= 11 is 5.39. The minimum absolute atomic E-state index is 0. The van der Waals surface area contributed by atoms with Crippen LogP contribution < -0.4 is 10.2 Å². The van der Waals surface area contributed by atoms with Crippen LogP contribution in [0.2, 0.25) is 0 Å². The number of rotatable bonds is 2. The monoisotopic (exact) mass is 274 g/mol. The van der Waals surface area contributed by atoms with Crippen LogP contribution in [-0.2, 0) is 0 Å². The Morgan fingerprint density at radius 2 is 2.18 bits per heavy atom. The molecule has 1 N–H and O–H groups in total. The molecular weight excluding hydrogens is 259 g/mol. The molecule has 94 valence electrons. The van der Waals surface area contributed by atoms with Crippen molar-refractivity contribution >= 4 is 35.3 Å². The number of benzene rings is 1. The van der Waals surface area contributed by atoms with Gasteiger partial charge in [-0.3, -0.25) is 0 Å². The summed E-state index contributed by atoms with van der Waals surface area (Å²) in [6.07, 6.45) is 1.01. The maximum atomic E-state index is 13.2. The van der Waals surface area contributed by atoms with Crippen LogP contribution in [-0.4, -0.2) is 24.6 Å². The lowest BCUT2D eigenvalue weighted by molar-refractivity contribution is 0.618. The van der Waals surface area contributed by atoms with Gasteiger partial charge in [0.1, 0.15) is 5.82 Å². The first-order valence-electron chi connectivity index (χ1n) is 5.38. The first-order chi connectivity index (χ1) is 7.63. The number of anilines is 1. The van der Waals surface area contributed by atoms with E-state index in [9.17, 15) is 4.39 Å². The summed E-state index contributed by atoms with van der Waals surface area (Å²) in [5.74, 6) is -0.168. The minimum Gasteiger partial charge on any atom is -0.335 e. The molecule has 5 heteroatoms. The highest BCUT2D eigenvalue weighted by Gasteiger charge is 2.27. The average Bonchev–Trinajstić information content (AvgIpc) is 2.64. The van der Waals surface area contributed by atoms with Crippen LogP contribution in [0, 0.1) is 12.7 Å². The molecule has 1 unspecified atom stereocenters. The fourth-order valence-electron chi connectivity index (χ4n) is 2.00. The lowest BCUT2D eigenvalue weighted by Gasteiger charge is -2.20. The van der Waals surface area contributed by atoms with Crippen LogP contribution in [0.25, 0.3) is 0 Å². The summed E-state index contributed by atoms with van der Waals surface area (Å²) in [5.41, 5.74) is 1.65. The Bertz CT molecular complexity index is 425. The van der Waals surface area contributed by atoms with Crippen molar-refractivity contribution in [1.29, 1.82) is 0 Å². The maximum Gasteiger partial charge on any atom is 0.126 e. The number of halogens is 2. The molecule has 0 radical (unpaired) electrons. The third-order valence-corrected chi connectivity index (χ3v) is 3.51. The fraction of sp³-hybridized carbons (Fsp3) is 0.417. The number of aryl methyl sites for hydroxylation is 1. The zero-order chi connectivity index (χ0) is 11.7. The van der Waals surface area contributed by atoms with E-state index in [0.29, 0.717) is 5.56 Å². The van der Waals surface area contributed by atoms with E-state index >= 15 is 0 Å². The minimum atomic E-state index is -0.168. The number of hydrogen-bond donors (Lipinski definition) is 1. The highest BCUT2D eigenvalue weighted by Crippen LogP contribution is 2.24. The van der Waals surface area contributed by atoms with E-state index in [1.807, 2.05) is 13.1 Å². The van der Waals surface area contributed by atoms with Crippen molar-refractivity contribution in [3.63, 3.8) is 0 Å². The highest BCUT2D eigenvalue weighted by atomic mass is 35.5. The summed E-state index contributed by atoms with van der Waals surface area (Å²) in [5, 5.41) is 3.18.